The van der Waals surface area contributed by atoms with Crippen molar-refractivity contribution in [1.29, 1.82) is 0 Å². The number of hydrogen-bond acceptors (Lipinski definition) is 5. The van der Waals surface area contributed by atoms with Crippen molar-refractivity contribution in [2.75, 3.05) is 38.2 Å². The molecule has 0 saturated carbocycles. The molecule has 0 saturated heterocycles. The van der Waals surface area contributed by atoms with Gasteiger partial charge in [-0.25, -0.2) is 0 Å². The van der Waals surface area contributed by atoms with Gasteiger partial charge in [-0.05, 0) is 26.0 Å². The fraction of sp³-hybridized carbons (Fsp3) is 0.500. The van der Waals surface area contributed by atoms with Crippen LogP contribution < -0.4 is 16.4 Å². The van der Waals surface area contributed by atoms with E-state index in [2.05, 4.69) is 10.6 Å². The van der Waals surface area contributed by atoms with Gasteiger partial charge in [-0.15, -0.1) is 0 Å². The summed E-state index contributed by atoms with van der Waals surface area (Å²) in [7, 11) is 0. The lowest BCUT2D eigenvalue weighted by Gasteiger charge is -2.15. The molecule has 4 N–H and O–H groups in total. The minimum Gasteiger partial charge on any atom is -0.379 e. The van der Waals surface area contributed by atoms with Gasteiger partial charge in [0.2, 0.25) is 0 Å². The zero-order chi connectivity index (χ0) is 17.1. The third-order valence-corrected chi connectivity index (χ3v) is 3.03. The summed E-state index contributed by atoms with van der Waals surface area (Å²) in [5, 5.41) is 5.39. The fourth-order valence-corrected chi connectivity index (χ4v) is 1.81. The van der Waals surface area contributed by atoms with Crippen molar-refractivity contribution in [2.45, 2.75) is 20.0 Å². The van der Waals surface area contributed by atoms with Gasteiger partial charge in [0.1, 0.15) is 6.10 Å². The van der Waals surface area contributed by atoms with Crippen LogP contribution in [0.15, 0.2) is 24.3 Å². The first-order chi connectivity index (χ1) is 11.1. The van der Waals surface area contributed by atoms with Crippen LogP contribution in [0.4, 0.5) is 5.69 Å². The molecule has 128 valence electrons. The minimum absolute atomic E-state index is 0.281. The van der Waals surface area contributed by atoms with Gasteiger partial charge in [-0.1, -0.05) is 12.1 Å². The van der Waals surface area contributed by atoms with Gasteiger partial charge in [-0.3, -0.25) is 9.59 Å². The van der Waals surface area contributed by atoms with E-state index in [1.165, 1.54) is 0 Å². The Morgan fingerprint density at radius 3 is 2.70 bits per heavy atom. The van der Waals surface area contributed by atoms with Crippen molar-refractivity contribution in [3.05, 3.63) is 29.8 Å². The summed E-state index contributed by atoms with van der Waals surface area (Å²) in [4.78, 5) is 24.2. The van der Waals surface area contributed by atoms with Crippen LogP contribution in [0.25, 0.3) is 0 Å². The number of amides is 2. The molecule has 0 spiro atoms. The van der Waals surface area contributed by atoms with Gasteiger partial charge in [0.25, 0.3) is 11.8 Å². The Labute approximate surface area is 136 Å². The maximum Gasteiger partial charge on any atom is 0.253 e. The molecule has 0 aliphatic rings. The quantitative estimate of drug-likeness (QED) is 0.552. The summed E-state index contributed by atoms with van der Waals surface area (Å²) in [5.41, 5.74) is 6.19. The second-order valence-corrected chi connectivity index (χ2v) is 4.79. The largest absolute Gasteiger partial charge is 0.379 e. The number of rotatable bonds is 10. The predicted octanol–water partition coefficient (Wildman–Crippen LogP) is 0.755. The van der Waals surface area contributed by atoms with Crippen LogP contribution in [-0.4, -0.2) is 50.8 Å². The van der Waals surface area contributed by atoms with Crippen LogP contribution in [0, 0.1) is 0 Å². The average Bonchev–Trinajstić information content (AvgIpc) is 2.56. The number of carbonyl (C=O) groups excluding carboxylic acids is 2. The molecular formula is C16H25N3O4. The Morgan fingerprint density at radius 2 is 2.00 bits per heavy atom. The zero-order valence-corrected chi connectivity index (χ0v) is 13.6. The molecule has 1 rings (SSSR count). The molecule has 7 nitrogen and oxygen atoms in total. The average molecular weight is 323 g/mol. The Kier molecular flexibility index (Phi) is 8.89. The van der Waals surface area contributed by atoms with E-state index in [-0.39, 0.29) is 11.8 Å². The van der Waals surface area contributed by atoms with Gasteiger partial charge in [-0.2, -0.15) is 0 Å². The highest BCUT2D eigenvalue weighted by atomic mass is 16.5. The zero-order valence-electron chi connectivity index (χ0n) is 13.6. The van der Waals surface area contributed by atoms with Gasteiger partial charge in [0.05, 0.1) is 24.5 Å². The lowest BCUT2D eigenvalue weighted by Crippen LogP contribution is -2.32. The number of hydrogen-bond donors (Lipinski definition) is 3. The van der Waals surface area contributed by atoms with Crippen molar-refractivity contribution in [3.8, 4) is 0 Å². The fourth-order valence-electron chi connectivity index (χ4n) is 1.81. The first kappa shape index (κ1) is 19.1. The molecule has 0 aliphatic heterocycles. The van der Waals surface area contributed by atoms with Crippen LogP contribution in [-0.2, 0) is 14.3 Å². The maximum absolute atomic E-state index is 12.1. The summed E-state index contributed by atoms with van der Waals surface area (Å²) in [6.07, 6.45) is -0.643. The Hall–Kier alpha value is -1.96. The number of para-hydroxylation sites is 1. The molecule has 1 aromatic rings. The first-order valence-electron chi connectivity index (χ1n) is 7.67. The van der Waals surface area contributed by atoms with Crippen molar-refractivity contribution in [2.24, 2.45) is 5.73 Å². The summed E-state index contributed by atoms with van der Waals surface area (Å²) in [5.74, 6) is -0.600. The van der Waals surface area contributed by atoms with E-state index < -0.39 is 6.10 Å². The van der Waals surface area contributed by atoms with Crippen molar-refractivity contribution in [3.63, 3.8) is 0 Å². The number of anilines is 1. The topological polar surface area (TPSA) is 103 Å². The number of ether oxygens (including phenoxy) is 2. The Morgan fingerprint density at radius 1 is 1.26 bits per heavy atom. The molecule has 23 heavy (non-hydrogen) atoms. The van der Waals surface area contributed by atoms with Gasteiger partial charge in [0, 0.05) is 19.7 Å². The number of carbonyl (C=O) groups is 2. The van der Waals surface area contributed by atoms with E-state index in [1.54, 1.807) is 31.2 Å². The second-order valence-electron chi connectivity index (χ2n) is 4.79. The molecule has 0 bridgehead atoms. The third kappa shape index (κ3) is 6.77. The van der Waals surface area contributed by atoms with E-state index in [4.69, 9.17) is 15.2 Å². The molecule has 1 aromatic carbocycles. The van der Waals surface area contributed by atoms with Gasteiger partial charge in [0.15, 0.2) is 0 Å². The molecule has 0 heterocycles. The van der Waals surface area contributed by atoms with Crippen molar-refractivity contribution in [1.82, 2.24) is 5.32 Å². The molecule has 2 amide bonds. The predicted molar refractivity (Wildman–Crippen MR) is 88.4 cm³/mol. The summed E-state index contributed by atoms with van der Waals surface area (Å²) < 4.78 is 10.5. The van der Waals surface area contributed by atoms with Gasteiger partial charge >= 0.3 is 0 Å². The molecule has 0 fully saturated rings. The highest BCUT2D eigenvalue weighted by Crippen LogP contribution is 2.15. The van der Waals surface area contributed by atoms with Crippen LogP contribution >= 0.6 is 0 Å². The van der Waals surface area contributed by atoms with E-state index in [9.17, 15) is 9.59 Å². The molecule has 0 aromatic heterocycles. The van der Waals surface area contributed by atoms with Crippen molar-refractivity contribution >= 4 is 17.5 Å². The lowest BCUT2D eigenvalue weighted by atomic mass is 10.1. The minimum atomic E-state index is -0.643. The smallest absolute Gasteiger partial charge is 0.253 e. The highest BCUT2D eigenvalue weighted by molar-refractivity contribution is 6.04. The number of nitrogens with two attached hydrogens (primary N) is 1. The number of nitrogens with one attached hydrogen (secondary N) is 2. The van der Waals surface area contributed by atoms with E-state index in [0.29, 0.717) is 44.2 Å². The monoisotopic (exact) mass is 323 g/mol. The molecule has 1 atom stereocenters. The van der Waals surface area contributed by atoms with Crippen LogP contribution in [0.1, 0.15) is 24.2 Å². The summed E-state index contributed by atoms with van der Waals surface area (Å²) in [6.45, 7) is 5.65. The standard InChI is InChI=1S/C16H25N3O4/c1-3-22-10-11-23-12(2)15(20)19-14-7-5-4-6-13(14)16(21)18-9-8-17/h4-7,12H,3,8-11,17H2,1-2H3,(H,18,21)(H,19,20). The van der Waals surface area contributed by atoms with Gasteiger partial charge < -0.3 is 25.8 Å². The molecule has 0 aliphatic carbocycles. The van der Waals surface area contributed by atoms with Crippen LogP contribution in [0.5, 0.6) is 0 Å². The van der Waals surface area contributed by atoms with Crippen LogP contribution in [0.2, 0.25) is 0 Å². The normalized spacial score (nSPS) is 11.8. The first-order valence-corrected chi connectivity index (χ1v) is 7.67. The second kappa shape index (κ2) is 10.7. The lowest BCUT2D eigenvalue weighted by molar-refractivity contribution is -0.127. The molecule has 7 heteroatoms. The van der Waals surface area contributed by atoms with E-state index in [1.807, 2.05) is 6.92 Å². The molecule has 1 unspecified atom stereocenters. The van der Waals surface area contributed by atoms with E-state index in [0.717, 1.165) is 0 Å². The Balaban J connectivity index is 2.62. The summed E-state index contributed by atoms with van der Waals surface area (Å²) in [6, 6.07) is 6.79. The van der Waals surface area contributed by atoms with E-state index >= 15 is 0 Å². The Bertz CT molecular complexity index is 508. The third-order valence-electron chi connectivity index (χ3n) is 3.03. The molecule has 0 radical (unpaired) electrons. The molecular weight excluding hydrogens is 298 g/mol. The summed E-state index contributed by atoms with van der Waals surface area (Å²) >= 11 is 0. The highest BCUT2D eigenvalue weighted by Gasteiger charge is 2.17. The van der Waals surface area contributed by atoms with Crippen LogP contribution in [0.3, 0.4) is 0 Å². The SMILES string of the molecule is CCOCCOC(C)C(=O)Nc1ccccc1C(=O)NCCN. The van der Waals surface area contributed by atoms with Crippen molar-refractivity contribution < 1.29 is 19.1 Å². The maximum atomic E-state index is 12.1. The number of benzene rings is 1.